The molecule has 4 nitrogen and oxygen atoms in total. The Bertz CT molecular complexity index is 782. The minimum absolute atomic E-state index is 0.170. The fraction of sp³-hybridized carbons (Fsp3) is 0.0625. The van der Waals surface area contributed by atoms with E-state index in [0.29, 0.717) is 28.2 Å². The normalized spacial score (nSPS) is 10.5. The van der Waals surface area contributed by atoms with E-state index < -0.39 is 0 Å². The second-order valence-electron chi connectivity index (χ2n) is 4.54. The summed E-state index contributed by atoms with van der Waals surface area (Å²) >= 11 is 5.83. The number of rotatable bonds is 3. The lowest BCUT2D eigenvalue weighted by atomic mass is 10.1. The Balaban J connectivity index is 1.79. The van der Waals surface area contributed by atoms with Crippen molar-refractivity contribution in [3.8, 4) is 0 Å². The van der Waals surface area contributed by atoms with Gasteiger partial charge >= 0.3 is 0 Å². The number of fused-ring (bicyclic) bond motifs is 1. The smallest absolute Gasteiger partial charge is 0.253 e. The SMILES string of the molecule is O=C(NCc1ccc(Cl)cc1)c1cccc2nccnc12. The van der Waals surface area contributed by atoms with E-state index in [1.54, 1.807) is 36.7 Å². The molecule has 5 heteroatoms. The van der Waals surface area contributed by atoms with Gasteiger partial charge in [-0.25, -0.2) is 0 Å². The van der Waals surface area contributed by atoms with Crippen molar-refractivity contribution < 1.29 is 4.79 Å². The van der Waals surface area contributed by atoms with Crippen molar-refractivity contribution in [1.29, 1.82) is 0 Å². The summed E-state index contributed by atoms with van der Waals surface area (Å²) in [5.41, 5.74) is 2.82. The first-order valence-corrected chi connectivity index (χ1v) is 6.84. The van der Waals surface area contributed by atoms with Crippen LogP contribution in [0, 0.1) is 0 Å². The first kappa shape index (κ1) is 13.5. The Kier molecular flexibility index (Phi) is 3.79. The second-order valence-corrected chi connectivity index (χ2v) is 4.98. The van der Waals surface area contributed by atoms with Gasteiger partial charge in [0.2, 0.25) is 0 Å². The number of carbonyl (C=O) groups is 1. The van der Waals surface area contributed by atoms with E-state index in [1.165, 1.54) is 0 Å². The van der Waals surface area contributed by atoms with E-state index in [2.05, 4.69) is 15.3 Å². The molecule has 0 fully saturated rings. The first-order valence-electron chi connectivity index (χ1n) is 6.46. The molecule has 0 unspecified atom stereocenters. The molecule has 0 aliphatic carbocycles. The van der Waals surface area contributed by atoms with Crippen LogP contribution in [0.2, 0.25) is 5.02 Å². The molecule has 0 spiro atoms. The number of aromatic nitrogens is 2. The number of hydrogen-bond donors (Lipinski definition) is 1. The highest BCUT2D eigenvalue weighted by molar-refractivity contribution is 6.30. The van der Waals surface area contributed by atoms with Gasteiger partial charge in [0.1, 0.15) is 5.52 Å². The van der Waals surface area contributed by atoms with Crippen LogP contribution in [0.1, 0.15) is 15.9 Å². The van der Waals surface area contributed by atoms with Gasteiger partial charge in [-0.05, 0) is 29.8 Å². The lowest BCUT2D eigenvalue weighted by Gasteiger charge is -2.07. The molecule has 1 N–H and O–H groups in total. The fourth-order valence-corrected chi connectivity index (χ4v) is 2.18. The maximum Gasteiger partial charge on any atom is 0.253 e. The van der Waals surface area contributed by atoms with Crippen LogP contribution < -0.4 is 5.32 Å². The van der Waals surface area contributed by atoms with E-state index in [0.717, 1.165) is 5.56 Å². The molecule has 1 heterocycles. The highest BCUT2D eigenvalue weighted by atomic mass is 35.5. The zero-order valence-electron chi connectivity index (χ0n) is 11.1. The largest absolute Gasteiger partial charge is 0.348 e. The van der Waals surface area contributed by atoms with Crippen molar-refractivity contribution in [3.05, 3.63) is 71.0 Å². The van der Waals surface area contributed by atoms with Gasteiger partial charge in [0, 0.05) is 24.0 Å². The first-order chi connectivity index (χ1) is 10.2. The van der Waals surface area contributed by atoms with Crippen molar-refractivity contribution in [3.63, 3.8) is 0 Å². The van der Waals surface area contributed by atoms with E-state index >= 15 is 0 Å². The average molecular weight is 298 g/mol. The molecule has 0 atom stereocenters. The molecule has 3 aromatic rings. The van der Waals surface area contributed by atoms with Crippen molar-refractivity contribution in [2.24, 2.45) is 0 Å². The number of amides is 1. The third kappa shape index (κ3) is 3.01. The standard InChI is InChI=1S/C16H12ClN3O/c17-12-6-4-11(5-7-12)10-20-16(21)13-2-1-3-14-15(13)19-9-8-18-14/h1-9H,10H2,(H,20,21). The molecule has 0 aliphatic rings. The molecule has 2 aromatic carbocycles. The number of halogens is 1. The zero-order valence-corrected chi connectivity index (χ0v) is 11.8. The maximum atomic E-state index is 12.3. The number of nitrogens with one attached hydrogen (secondary N) is 1. The summed E-state index contributed by atoms with van der Waals surface area (Å²) in [5, 5.41) is 3.55. The topological polar surface area (TPSA) is 54.9 Å². The molecule has 3 rings (SSSR count). The van der Waals surface area contributed by atoms with E-state index in [1.807, 2.05) is 18.2 Å². The molecule has 0 aliphatic heterocycles. The van der Waals surface area contributed by atoms with Gasteiger partial charge in [-0.2, -0.15) is 0 Å². The summed E-state index contributed by atoms with van der Waals surface area (Å²) in [6, 6.07) is 12.7. The Labute approximate surface area is 126 Å². The summed E-state index contributed by atoms with van der Waals surface area (Å²) in [5.74, 6) is -0.170. The summed E-state index contributed by atoms with van der Waals surface area (Å²) in [4.78, 5) is 20.7. The van der Waals surface area contributed by atoms with Crippen LogP contribution in [-0.4, -0.2) is 15.9 Å². The van der Waals surface area contributed by atoms with Gasteiger partial charge in [0.25, 0.3) is 5.91 Å². The number of carbonyl (C=O) groups excluding carboxylic acids is 1. The molecule has 1 amide bonds. The molecule has 1 aromatic heterocycles. The van der Waals surface area contributed by atoms with Crippen molar-refractivity contribution in [2.75, 3.05) is 0 Å². The predicted molar refractivity (Wildman–Crippen MR) is 82.2 cm³/mol. The van der Waals surface area contributed by atoms with Gasteiger partial charge in [0.05, 0.1) is 11.1 Å². The van der Waals surface area contributed by atoms with Crippen LogP contribution in [-0.2, 0) is 6.54 Å². The van der Waals surface area contributed by atoms with Crippen LogP contribution in [0.15, 0.2) is 54.9 Å². The highest BCUT2D eigenvalue weighted by Crippen LogP contribution is 2.14. The summed E-state index contributed by atoms with van der Waals surface area (Å²) < 4.78 is 0. The Hall–Kier alpha value is -2.46. The zero-order chi connectivity index (χ0) is 14.7. The molecule has 0 saturated heterocycles. The van der Waals surface area contributed by atoms with E-state index in [-0.39, 0.29) is 5.91 Å². The molecule has 0 saturated carbocycles. The van der Waals surface area contributed by atoms with Gasteiger partial charge in [0.15, 0.2) is 0 Å². The van der Waals surface area contributed by atoms with Gasteiger partial charge in [-0.1, -0.05) is 29.8 Å². The number of nitrogens with zero attached hydrogens (tertiary/aromatic N) is 2. The fourth-order valence-electron chi connectivity index (χ4n) is 2.06. The average Bonchev–Trinajstić information content (AvgIpc) is 2.53. The molecular weight excluding hydrogens is 286 g/mol. The van der Waals surface area contributed by atoms with Crippen LogP contribution in [0.4, 0.5) is 0 Å². The van der Waals surface area contributed by atoms with Crippen LogP contribution >= 0.6 is 11.6 Å². The highest BCUT2D eigenvalue weighted by Gasteiger charge is 2.10. The minimum Gasteiger partial charge on any atom is -0.348 e. The van der Waals surface area contributed by atoms with Crippen molar-refractivity contribution >= 4 is 28.5 Å². The summed E-state index contributed by atoms with van der Waals surface area (Å²) in [6.07, 6.45) is 3.19. The Morgan fingerprint density at radius 3 is 2.62 bits per heavy atom. The van der Waals surface area contributed by atoms with Crippen LogP contribution in [0.5, 0.6) is 0 Å². The molecule has 104 valence electrons. The van der Waals surface area contributed by atoms with Gasteiger partial charge < -0.3 is 5.32 Å². The van der Waals surface area contributed by atoms with Crippen molar-refractivity contribution in [1.82, 2.24) is 15.3 Å². The summed E-state index contributed by atoms with van der Waals surface area (Å²) in [7, 11) is 0. The lowest BCUT2D eigenvalue weighted by Crippen LogP contribution is -2.23. The maximum absolute atomic E-state index is 12.3. The minimum atomic E-state index is -0.170. The predicted octanol–water partition coefficient (Wildman–Crippen LogP) is 3.21. The molecular formula is C16H12ClN3O. The lowest BCUT2D eigenvalue weighted by molar-refractivity contribution is 0.0952. The monoisotopic (exact) mass is 297 g/mol. The third-order valence-electron chi connectivity index (χ3n) is 3.11. The second kappa shape index (κ2) is 5.89. The number of para-hydroxylation sites is 1. The Morgan fingerprint density at radius 2 is 1.81 bits per heavy atom. The number of benzene rings is 2. The van der Waals surface area contributed by atoms with Crippen LogP contribution in [0.25, 0.3) is 11.0 Å². The van der Waals surface area contributed by atoms with Gasteiger partial charge in [-0.3, -0.25) is 14.8 Å². The quantitative estimate of drug-likeness (QED) is 0.807. The Morgan fingerprint density at radius 1 is 1.05 bits per heavy atom. The van der Waals surface area contributed by atoms with Crippen molar-refractivity contribution in [2.45, 2.75) is 6.54 Å². The van der Waals surface area contributed by atoms with Crippen LogP contribution in [0.3, 0.4) is 0 Å². The molecule has 0 bridgehead atoms. The summed E-state index contributed by atoms with van der Waals surface area (Å²) in [6.45, 7) is 0.437. The van der Waals surface area contributed by atoms with Gasteiger partial charge in [-0.15, -0.1) is 0 Å². The molecule has 0 radical (unpaired) electrons. The van der Waals surface area contributed by atoms with E-state index in [9.17, 15) is 4.79 Å². The third-order valence-corrected chi connectivity index (χ3v) is 3.36. The molecule has 21 heavy (non-hydrogen) atoms. The van der Waals surface area contributed by atoms with E-state index in [4.69, 9.17) is 11.6 Å². The number of hydrogen-bond acceptors (Lipinski definition) is 3.